The van der Waals surface area contributed by atoms with Crippen LogP contribution >= 0.6 is 11.3 Å². The Hall–Kier alpha value is -0.940. The van der Waals surface area contributed by atoms with Gasteiger partial charge in [-0.05, 0) is 18.8 Å². The molecule has 1 aliphatic carbocycles. The van der Waals surface area contributed by atoms with Crippen molar-refractivity contribution in [2.45, 2.75) is 19.4 Å². The summed E-state index contributed by atoms with van der Waals surface area (Å²) in [5.41, 5.74) is 2.79. The highest BCUT2D eigenvalue weighted by Gasteiger charge is 2.21. The lowest BCUT2D eigenvalue weighted by Crippen LogP contribution is -2.34. The van der Waals surface area contributed by atoms with Gasteiger partial charge in [-0.2, -0.15) is 0 Å². The van der Waals surface area contributed by atoms with Crippen molar-refractivity contribution in [2.24, 2.45) is 5.92 Å². The lowest BCUT2D eigenvalue weighted by molar-refractivity contribution is -0.120. The molecule has 0 radical (unpaired) electrons. The molecule has 1 heterocycles. The fourth-order valence-corrected chi connectivity index (χ4v) is 1.83. The van der Waals surface area contributed by atoms with Gasteiger partial charge < -0.3 is 10.6 Å². The monoisotopic (exact) mass is 225 g/mol. The second-order valence-electron chi connectivity index (χ2n) is 3.83. The molecule has 0 aliphatic heterocycles. The molecule has 82 valence electrons. The van der Waals surface area contributed by atoms with Gasteiger partial charge in [-0.1, -0.05) is 0 Å². The van der Waals surface area contributed by atoms with E-state index < -0.39 is 0 Å². The first-order chi connectivity index (χ1) is 7.34. The predicted octanol–water partition coefficient (Wildman–Crippen LogP) is 0.759. The fourth-order valence-electron chi connectivity index (χ4n) is 1.27. The summed E-state index contributed by atoms with van der Waals surface area (Å²) >= 11 is 1.57. The van der Waals surface area contributed by atoms with Crippen molar-refractivity contribution in [1.82, 2.24) is 15.6 Å². The Labute approximate surface area is 93.1 Å². The third-order valence-electron chi connectivity index (χ3n) is 2.36. The number of thiazole rings is 1. The third kappa shape index (κ3) is 3.97. The second-order valence-corrected chi connectivity index (χ2v) is 4.55. The molecule has 1 saturated carbocycles. The molecule has 1 fully saturated rings. The summed E-state index contributed by atoms with van der Waals surface area (Å²) in [6, 6.07) is 0. The number of amides is 1. The smallest absolute Gasteiger partial charge is 0.233 e. The van der Waals surface area contributed by atoms with Gasteiger partial charge in [0.25, 0.3) is 0 Å². The molecule has 1 aromatic heterocycles. The minimum Gasteiger partial charge on any atom is -0.355 e. The van der Waals surface area contributed by atoms with Gasteiger partial charge in [-0.25, -0.2) is 4.98 Å². The number of nitrogens with zero attached hydrogens (tertiary/aromatic N) is 1. The quantitative estimate of drug-likeness (QED) is 0.751. The predicted molar refractivity (Wildman–Crippen MR) is 59.6 cm³/mol. The number of rotatable bonds is 6. The molecule has 0 saturated heterocycles. The first kappa shape index (κ1) is 10.6. The first-order valence-electron chi connectivity index (χ1n) is 5.19. The maximum atomic E-state index is 11.3. The van der Waals surface area contributed by atoms with Crippen molar-refractivity contribution in [3.63, 3.8) is 0 Å². The summed E-state index contributed by atoms with van der Waals surface area (Å²) in [7, 11) is 0. The zero-order valence-corrected chi connectivity index (χ0v) is 9.35. The van der Waals surface area contributed by atoms with Crippen molar-refractivity contribution in [3.05, 3.63) is 16.6 Å². The number of aromatic nitrogens is 1. The van der Waals surface area contributed by atoms with E-state index in [0.29, 0.717) is 13.1 Å². The molecule has 1 amide bonds. The van der Waals surface area contributed by atoms with Gasteiger partial charge in [-0.3, -0.25) is 4.79 Å². The molecule has 0 bridgehead atoms. The number of carbonyl (C=O) groups is 1. The molecule has 5 heteroatoms. The van der Waals surface area contributed by atoms with Crippen LogP contribution in [0.3, 0.4) is 0 Å². The van der Waals surface area contributed by atoms with Crippen molar-refractivity contribution < 1.29 is 4.79 Å². The van der Waals surface area contributed by atoms with Crippen LogP contribution in [0.15, 0.2) is 10.9 Å². The van der Waals surface area contributed by atoms with E-state index in [2.05, 4.69) is 15.6 Å². The third-order valence-corrected chi connectivity index (χ3v) is 3.00. The number of hydrogen-bond donors (Lipinski definition) is 2. The molecule has 2 N–H and O–H groups in total. The molecular weight excluding hydrogens is 210 g/mol. The minimum absolute atomic E-state index is 0.0807. The van der Waals surface area contributed by atoms with E-state index in [1.807, 2.05) is 5.38 Å². The van der Waals surface area contributed by atoms with Crippen LogP contribution in [0.2, 0.25) is 0 Å². The fraction of sp³-hybridized carbons (Fsp3) is 0.600. The van der Waals surface area contributed by atoms with Gasteiger partial charge in [0.05, 0.1) is 17.7 Å². The number of nitrogens with one attached hydrogen (secondary N) is 2. The molecule has 0 spiro atoms. The van der Waals surface area contributed by atoms with E-state index in [9.17, 15) is 4.79 Å². The molecular formula is C10H15N3OS. The highest BCUT2D eigenvalue weighted by atomic mass is 32.1. The Bertz CT molecular complexity index is 308. The molecule has 1 aromatic rings. The van der Waals surface area contributed by atoms with Crippen LogP contribution in [0.25, 0.3) is 0 Å². The summed E-state index contributed by atoms with van der Waals surface area (Å²) in [4.78, 5) is 15.4. The highest BCUT2D eigenvalue weighted by Crippen LogP contribution is 2.27. The molecule has 15 heavy (non-hydrogen) atoms. The second kappa shape index (κ2) is 5.23. The Balaban J connectivity index is 1.54. The van der Waals surface area contributed by atoms with Gasteiger partial charge >= 0.3 is 0 Å². The lowest BCUT2D eigenvalue weighted by Gasteiger charge is -2.04. The van der Waals surface area contributed by atoms with E-state index >= 15 is 0 Å². The van der Waals surface area contributed by atoms with Crippen molar-refractivity contribution >= 4 is 17.2 Å². The minimum atomic E-state index is 0.0807. The van der Waals surface area contributed by atoms with E-state index in [0.717, 1.165) is 18.2 Å². The molecule has 0 unspecified atom stereocenters. The summed E-state index contributed by atoms with van der Waals surface area (Å²) in [5, 5.41) is 7.95. The van der Waals surface area contributed by atoms with E-state index in [1.54, 1.807) is 16.8 Å². The molecule has 4 nitrogen and oxygen atoms in total. The van der Waals surface area contributed by atoms with Crippen LogP contribution in [-0.4, -0.2) is 24.0 Å². The van der Waals surface area contributed by atoms with E-state index in [-0.39, 0.29) is 5.91 Å². The number of hydrogen-bond acceptors (Lipinski definition) is 4. The Morgan fingerprint density at radius 1 is 1.60 bits per heavy atom. The van der Waals surface area contributed by atoms with Crippen LogP contribution < -0.4 is 10.6 Å². The Kier molecular flexibility index (Phi) is 3.69. The first-order valence-corrected chi connectivity index (χ1v) is 6.13. The van der Waals surface area contributed by atoms with Crippen LogP contribution in [-0.2, 0) is 11.3 Å². The van der Waals surface area contributed by atoms with Crippen LogP contribution in [0.4, 0.5) is 0 Å². The Morgan fingerprint density at radius 3 is 3.13 bits per heavy atom. The lowest BCUT2D eigenvalue weighted by atomic mass is 10.4. The Morgan fingerprint density at radius 2 is 2.47 bits per heavy atom. The topological polar surface area (TPSA) is 54.0 Å². The van der Waals surface area contributed by atoms with E-state index in [4.69, 9.17) is 0 Å². The SMILES string of the molecule is O=C(CNCc1cscn1)NCC1CC1. The van der Waals surface area contributed by atoms with Crippen LogP contribution in [0, 0.1) is 5.92 Å². The van der Waals surface area contributed by atoms with Gasteiger partial charge in [0.15, 0.2) is 0 Å². The van der Waals surface area contributed by atoms with Crippen LogP contribution in [0.1, 0.15) is 18.5 Å². The molecule has 1 aliphatic rings. The molecule has 0 aromatic carbocycles. The maximum Gasteiger partial charge on any atom is 0.233 e. The number of carbonyl (C=O) groups excluding carboxylic acids is 1. The van der Waals surface area contributed by atoms with Gasteiger partial charge in [-0.15, -0.1) is 11.3 Å². The zero-order chi connectivity index (χ0) is 10.5. The highest BCUT2D eigenvalue weighted by molar-refractivity contribution is 7.07. The van der Waals surface area contributed by atoms with Crippen molar-refractivity contribution in [2.75, 3.05) is 13.1 Å². The average molecular weight is 225 g/mol. The zero-order valence-electron chi connectivity index (χ0n) is 8.53. The summed E-state index contributed by atoms with van der Waals surface area (Å²) < 4.78 is 0. The maximum absolute atomic E-state index is 11.3. The molecule has 2 rings (SSSR count). The summed E-state index contributed by atoms with van der Waals surface area (Å²) in [6.07, 6.45) is 2.54. The standard InChI is InChI=1S/C10H15N3OS/c14-10(12-3-8-1-2-8)5-11-4-9-6-15-7-13-9/h6-8,11H,1-5H2,(H,12,14). The molecule has 0 atom stereocenters. The van der Waals surface area contributed by atoms with Gasteiger partial charge in [0, 0.05) is 18.5 Å². The summed E-state index contributed by atoms with van der Waals surface area (Å²) in [6.45, 7) is 1.89. The van der Waals surface area contributed by atoms with Crippen LogP contribution in [0.5, 0.6) is 0 Å². The normalized spacial score (nSPS) is 15.2. The van der Waals surface area contributed by atoms with Crippen molar-refractivity contribution in [1.29, 1.82) is 0 Å². The van der Waals surface area contributed by atoms with Gasteiger partial charge in [0.2, 0.25) is 5.91 Å². The summed E-state index contributed by atoms with van der Waals surface area (Å²) in [5.74, 6) is 0.824. The van der Waals surface area contributed by atoms with Crippen molar-refractivity contribution in [3.8, 4) is 0 Å². The average Bonchev–Trinajstić information content (AvgIpc) is 2.92. The van der Waals surface area contributed by atoms with Gasteiger partial charge in [0.1, 0.15) is 0 Å². The largest absolute Gasteiger partial charge is 0.355 e. The van der Waals surface area contributed by atoms with E-state index in [1.165, 1.54) is 12.8 Å².